The van der Waals surface area contributed by atoms with Crippen LogP contribution in [0.25, 0.3) is 17.1 Å². The van der Waals surface area contributed by atoms with E-state index >= 15 is 0 Å². The summed E-state index contributed by atoms with van der Waals surface area (Å²) in [4.78, 5) is 4.78. The van der Waals surface area contributed by atoms with Crippen molar-refractivity contribution in [2.75, 3.05) is 0 Å². The summed E-state index contributed by atoms with van der Waals surface area (Å²) in [7, 11) is 0. The van der Waals surface area contributed by atoms with Gasteiger partial charge in [0.2, 0.25) is 12.4 Å². The lowest BCUT2D eigenvalue weighted by molar-refractivity contribution is -0.689. The van der Waals surface area contributed by atoms with Gasteiger partial charge in [-0.25, -0.2) is 9.67 Å². The standard InChI is InChI=1S/C20H17N4/c1-4-10-17(11-5-1)20-21-19(16-23-14-8-3-9-15-23)22-24(20)18-12-6-2-7-13-18/h1-15H,16H2/q+1. The van der Waals surface area contributed by atoms with Crippen molar-refractivity contribution in [1.82, 2.24) is 14.8 Å². The maximum atomic E-state index is 4.78. The quantitative estimate of drug-likeness (QED) is 0.542. The van der Waals surface area contributed by atoms with Crippen LogP contribution in [0, 0.1) is 0 Å². The lowest BCUT2D eigenvalue weighted by Gasteiger charge is -2.05. The Labute approximate surface area is 140 Å². The zero-order valence-corrected chi connectivity index (χ0v) is 13.2. The van der Waals surface area contributed by atoms with Crippen LogP contribution >= 0.6 is 0 Å². The summed E-state index contributed by atoms with van der Waals surface area (Å²) in [5, 5.41) is 4.74. The van der Waals surface area contributed by atoms with Gasteiger partial charge in [-0.1, -0.05) is 54.6 Å². The van der Waals surface area contributed by atoms with Gasteiger partial charge in [-0.05, 0) is 12.1 Å². The Hall–Kier alpha value is -3.27. The maximum Gasteiger partial charge on any atom is 0.217 e. The number of hydrogen-bond donors (Lipinski definition) is 0. The topological polar surface area (TPSA) is 34.6 Å². The van der Waals surface area contributed by atoms with E-state index in [2.05, 4.69) is 16.7 Å². The molecule has 2 heterocycles. The summed E-state index contributed by atoms with van der Waals surface area (Å²) >= 11 is 0. The summed E-state index contributed by atoms with van der Waals surface area (Å²) in [6, 6.07) is 26.3. The zero-order chi connectivity index (χ0) is 16.2. The third kappa shape index (κ3) is 2.94. The molecular weight excluding hydrogens is 296 g/mol. The maximum absolute atomic E-state index is 4.78. The van der Waals surface area contributed by atoms with E-state index in [0.29, 0.717) is 6.54 Å². The molecule has 0 bridgehead atoms. The van der Waals surface area contributed by atoms with Gasteiger partial charge < -0.3 is 0 Å². The first-order valence-corrected chi connectivity index (χ1v) is 7.91. The largest absolute Gasteiger partial charge is 0.217 e. The normalized spacial score (nSPS) is 10.7. The fourth-order valence-electron chi connectivity index (χ4n) is 2.65. The number of rotatable bonds is 4. The Kier molecular flexibility index (Phi) is 3.86. The molecule has 0 N–H and O–H groups in total. The van der Waals surface area contributed by atoms with E-state index < -0.39 is 0 Å². The van der Waals surface area contributed by atoms with Crippen LogP contribution in [0.1, 0.15) is 5.82 Å². The Bertz CT molecular complexity index is 859. The molecule has 0 aliphatic heterocycles. The van der Waals surface area contributed by atoms with Gasteiger partial charge in [0.25, 0.3) is 0 Å². The van der Waals surface area contributed by atoms with Gasteiger partial charge in [-0.2, -0.15) is 4.57 Å². The molecule has 0 saturated heterocycles. The first-order valence-electron chi connectivity index (χ1n) is 7.91. The Morgan fingerprint density at radius 2 is 1.38 bits per heavy atom. The summed E-state index contributed by atoms with van der Waals surface area (Å²) in [6.07, 6.45) is 4.04. The summed E-state index contributed by atoms with van der Waals surface area (Å²) < 4.78 is 3.98. The molecule has 2 aromatic heterocycles. The van der Waals surface area contributed by atoms with Crippen LogP contribution in [0.3, 0.4) is 0 Å². The smallest absolute Gasteiger partial charge is 0.213 e. The van der Waals surface area contributed by atoms with E-state index in [1.165, 1.54) is 0 Å². The van der Waals surface area contributed by atoms with Crippen LogP contribution < -0.4 is 4.57 Å². The highest BCUT2D eigenvalue weighted by molar-refractivity contribution is 5.57. The van der Waals surface area contributed by atoms with E-state index in [9.17, 15) is 0 Å². The van der Waals surface area contributed by atoms with E-state index in [-0.39, 0.29) is 0 Å². The third-order valence-corrected chi connectivity index (χ3v) is 3.79. The van der Waals surface area contributed by atoms with Gasteiger partial charge in [0.05, 0.1) is 5.69 Å². The highest BCUT2D eigenvalue weighted by Gasteiger charge is 2.15. The lowest BCUT2D eigenvalue weighted by atomic mass is 10.2. The van der Waals surface area contributed by atoms with Gasteiger partial charge in [-0.3, -0.25) is 0 Å². The molecular formula is C20H17N4+. The third-order valence-electron chi connectivity index (χ3n) is 3.79. The van der Waals surface area contributed by atoms with Crippen molar-refractivity contribution in [1.29, 1.82) is 0 Å². The average Bonchev–Trinajstić information content (AvgIpc) is 3.08. The van der Waals surface area contributed by atoms with Crippen molar-refractivity contribution < 1.29 is 4.57 Å². The average molecular weight is 313 g/mol. The highest BCUT2D eigenvalue weighted by atomic mass is 15.4. The molecule has 4 nitrogen and oxygen atoms in total. The molecule has 0 unspecified atom stereocenters. The van der Waals surface area contributed by atoms with Gasteiger partial charge in [0.15, 0.2) is 18.2 Å². The van der Waals surface area contributed by atoms with Crippen molar-refractivity contribution in [3.05, 3.63) is 97.1 Å². The second-order valence-corrected chi connectivity index (χ2v) is 5.51. The number of para-hydroxylation sites is 1. The fraction of sp³-hybridized carbons (Fsp3) is 0.0500. The molecule has 0 atom stereocenters. The van der Waals surface area contributed by atoms with E-state index in [0.717, 1.165) is 22.9 Å². The molecule has 0 radical (unpaired) electrons. The van der Waals surface area contributed by atoms with E-state index in [1.807, 2.05) is 83.8 Å². The van der Waals surface area contributed by atoms with Crippen molar-refractivity contribution >= 4 is 0 Å². The van der Waals surface area contributed by atoms with E-state index in [4.69, 9.17) is 10.1 Å². The van der Waals surface area contributed by atoms with Gasteiger partial charge in [0, 0.05) is 17.7 Å². The van der Waals surface area contributed by atoms with Crippen LogP contribution in [0.15, 0.2) is 91.3 Å². The molecule has 4 heteroatoms. The lowest BCUT2D eigenvalue weighted by Crippen LogP contribution is -2.33. The first-order chi connectivity index (χ1) is 11.9. The SMILES string of the molecule is c1ccc(-c2nc(C[n+]3ccccc3)nn2-c2ccccc2)cc1. The summed E-state index contributed by atoms with van der Waals surface area (Å²) in [5.41, 5.74) is 2.06. The second kappa shape index (κ2) is 6.46. The summed E-state index contributed by atoms with van der Waals surface area (Å²) in [6.45, 7) is 0.639. The molecule has 0 saturated carbocycles. The van der Waals surface area contributed by atoms with Crippen LogP contribution in [-0.2, 0) is 6.54 Å². The number of aromatic nitrogens is 4. The second-order valence-electron chi connectivity index (χ2n) is 5.51. The van der Waals surface area contributed by atoms with E-state index in [1.54, 1.807) is 0 Å². The monoisotopic (exact) mass is 313 g/mol. The first kappa shape index (κ1) is 14.3. The molecule has 24 heavy (non-hydrogen) atoms. The van der Waals surface area contributed by atoms with Crippen molar-refractivity contribution in [2.45, 2.75) is 6.54 Å². The number of benzene rings is 2. The molecule has 0 aliphatic rings. The van der Waals surface area contributed by atoms with Crippen LogP contribution in [-0.4, -0.2) is 14.8 Å². The van der Waals surface area contributed by atoms with Crippen LogP contribution in [0.4, 0.5) is 0 Å². The minimum Gasteiger partial charge on any atom is -0.213 e. The van der Waals surface area contributed by atoms with Crippen LogP contribution in [0.2, 0.25) is 0 Å². The minimum atomic E-state index is 0.639. The van der Waals surface area contributed by atoms with Gasteiger partial charge in [-0.15, -0.1) is 5.10 Å². The number of hydrogen-bond acceptors (Lipinski definition) is 2. The molecule has 0 aliphatic carbocycles. The van der Waals surface area contributed by atoms with Gasteiger partial charge >= 0.3 is 0 Å². The molecule has 4 rings (SSSR count). The highest BCUT2D eigenvalue weighted by Crippen LogP contribution is 2.20. The molecule has 0 spiro atoms. The number of pyridine rings is 1. The zero-order valence-electron chi connectivity index (χ0n) is 13.2. The number of nitrogens with zero attached hydrogens (tertiary/aromatic N) is 4. The fourth-order valence-corrected chi connectivity index (χ4v) is 2.65. The predicted molar refractivity (Wildman–Crippen MR) is 92.5 cm³/mol. The summed E-state index contributed by atoms with van der Waals surface area (Å²) in [5.74, 6) is 1.64. The minimum absolute atomic E-state index is 0.639. The molecule has 2 aromatic carbocycles. The van der Waals surface area contributed by atoms with Gasteiger partial charge in [0.1, 0.15) is 0 Å². The predicted octanol–water partition coefficient (Wildman–Crippen LogP) is 3.27. The van der Waals surface area contributed by atoms with Crippen molar-refractivity contribution in [3.63, 3.8) is 0 Å². The molecule has 0 amide bonds. The molecule has 0 fully saturated rings. The Morgan fingerprint density at radius 3 is 2.08 bits per heavy atom. The Morgan fingerprint density at radius 1 is 0.750 bits per heavy atom. The molecule has 116 valence electrons. The molecule has 4 aromatic rings. The Balaban J connectivity index is 1.79. The van der Waals surface area contributed by atoms with Crippen molar-refractivity contribution in [2.24, 2.45) is 0 Å². The van der Waals surface area contributed by atoms with Crippen molar-refractivity contribution in [3.8, 4) is 17.1 Å². The van der Waals surface area contributed by atoms with Crippen LogP contribution in [0.5, 0.6) is 0 Å².